The Morgan fingerprint density at radius 3 is 2.22 bits per heavy atom. The van der Waals surface area contributed by atoms with E-state index >= 15 is 0 Å². The van der Waals surface area contributed by atoms with Crippen molar-refractivity contribution < 1.29 is 4.79 Å². The van der Waals surface area contributed by atoms with Crippen LogP contribution in [-0.2, 0) is 4.79 Å². The minimum atomic E-state index is 0.160. The van der Waals surface area contributed by atoms with Gasteiger partial charge in [-0.25, -0.2) is 0 Å². The maximum Gasteiger partial charge on any atom is 0.220 e. The fourth-order valence-corrected chi connectivity index (χ4v) is 1.96. The first-order chi connectivity index (χ1) is 8.34. The molecule has 0 aliphatic heterocycles. The fraction of sp³-hybridized carbons (Fsp3) is 0.929. The van der Waals surface area contributed by atoms with Crippen LogP contribution in [0.25, 0.3) is 0 Å². The van der Waals surface area contributed by atoms with E-state index in [-0.39, 0.29) is 5.91 Å². The molecule has 1 atom stereocenters. The third-order valence-corrected chi connectivity index (χ3v) is 3.07. The van der Waals surface area contributed by atoms with Crippen LogP contribution < -0.4 is 10.6 Å². The Balaban J connectivity index is 3.75. The molecule has 108 valence electrons. The molecule has 1 unspecified atom stereocenters. The molecule has 0 aromatic rings. The maximum absolute atomic E-state index is 11.7. The molecule has 4 nitrogen and oxygen atoms in total. The van der Waals surface area contributed by atoms with Crippen LogP contribution in [0.4, 0.5) is 0 Å². The molecule has 0 saturated heterocycles. The molecular weight excluding hydrogens is 226 g/mol. The largest absolute Gasteiger partial charge is 0.355 e. The molecule has 0 rings (SSSR count). The normalized spacial score (nSPS) is 13.4. The number of amides is 1. The van der Waals surface area contributed by atoms with Gasteiger partial charge in [-0.15, -0.1) is 0 Å². The van der Waals surface area contributed by atoms with Gasteiger partial charge in [0.15, 0.2) is 0 Å². The number of rotatable bonds is 9. The molecule has 2 N–H and O–H groups in total. The number of likely N-dealkylation sites (N-methyl/N-ethyl adjacent to an activating group) is 1. The van der Waals surface area contributed by atoms with E-state index in [1.165, 1.54) is 0 Å². The molecule has 0 aliphatic carbocycles. The van der Waals surface area contributed by atoms with E-state index in [1.807, 2.05) is 0 Å². The number of nitrogens with one attached hydrogen (secondary N) is 2. The molecule has 0 aliphatic rings. The second kappa shape index (κ2) is 9.34. The van der Waals surface area contributed by atoms with E-state index < -0.39 is 0 Å². The summed E-state index contributed by atoms with van der Waals surface area (Å²) in [6.07, 6.45) is 1.51. The van der Waals surface area contributed by atoms with E-state index in [1.54, 1.807) is 0 Å². The lowest BCUT2D eigenvalue weighted by Gasteiger charge is -2.28. The van der Waals surface area contributed by atoms with E-state index in [4.69, 9.17) is 0 Å². The lowest BCUT2D eigenvalue weighted by molar-refractivity contribution is -0.121. The summed E-state index contributed by atoms with van der Waals surface area (Å²) < 4.78 is 0. The van der Waals surface area contributed by atoms with Crippen molar-refractivity contribution in [1.29, 1.82) is 0 Å². The minimum absolute atomic E-state index is 0.160. The first-order valence-electron chi connectivity index (χ1n) is 7.01. The van der Waals surface area contributed by atoms with Gasteiger partial charge >= 0.3 is 0 Å². The Hall–Kier alpha value is -0.610. The van der Waals surface area contributed by atoms with Gasteiger partial charge in [0.05, 0.1) is 0 Å². The molecule has 0 aromatic carbocycles. The molecule has 0 aromatic heterocycles. The summed E-state index contributed by atoms with van der Waals surface area (Å²) in [5.74, 6) is 0.705. The highest BCUT2D eigenvalue weighted by molar-refractivity contribution is 5.75. The van der Waals surface area contributed by atoms with Gasteiger partial charge in [0.25, 0.3) is 0 Å². The summed E-state index contributed by atoms with van der Waals surface area (Å²) in [6.45, 7) is 10.2. The van der Waals surface area contributed by atoms with Crippen LogP contribution in [0, 0.1) is 5.92 Å². The van der Waals surface area contributed by atoms with Crippen LogP contribution >= 0.6 is 0 Å². The highest BCUT2D eigenvalue weighted by Gasteiger charge is 2.16. The average molecular weight is 257 g/mol. The van der Waals surface area contributed by atoms with Crippen LogP contribution in [0.1, 0.15) is 40.5 Å². The molecule has 0 fully saturated rings. The monoisotopic (exact) mass is 257 g/mol. The summed E-state index contributed by atoms with van der Waals surface area (Å²) in [5.41, 5.74) is 0. The van der Waals surface area contributed by atoms with Gasteiger partial charge in [-0.05, 0) is 33.0 Å². The van der Waals surface area contributed by atoms with E-state index in [2.05, 4.69) is 57.3 Å². The van der Waals surface area contributed by atoms with Crippen LogP contribution in [0.5, 0.6) is 0 Å². The first-order valence-corrected chi connectivity index (χ1v) is 7.01. The summed E-state index contributed by atoms with van der Waals surface area (Å²) in [6, 6.07) is 0.898. The second-order valence-electron chi connectivity index (χ2n) is 5.79. The van der Waals surface area contributed by atoms with Crippen molar-refractivity contribution >= 4 is 5.91 Å². The summed E-state index contributed by atoms with van der Waals surface area (Å²) in [4.78, 5) is 13.9. The van der Waals surface area contributed by atoms with Crippen molar-refractivity contribution in [3.8, 4) is 0 Å². The van der Waals surface area contributed by atoms with Gasteiger partial charge in [-0.1, -0.05) is 27.7 Å². The summed E-state index contributed by atoms with van der Waals surface area (Å²) in [5, 5.41) is 6.34. The van der Waals surface area contributed by atoms with Crippen molar-refractivity contribution in [2.24, 2.45) is 5.92 Å². The molecule has 1 amide bonds. The van der Waals surface area contributed by atoms with E-state index in [0.29, 0.717) is 24.4 Å². The van der Waals surface area contributed by atoms with Crippen LogP contribution in [0.3, 0.4) is 0 Å². The zero-order valence-corrected chi connectivity index (χ0v) is 12.9. The van der Waals surface area contributed by atoms with Crippen molar-refractivity contribution in [3.05, 3.63) is 0 Å². The number of carbonyl (C=O) groups excluding carboxylic acids is 1. The molecule has 0 bridgehead atoms. The Morgan fingerprint density at radius 1 is 1.17 bits per heavy atom. The highest BCUT2D eigenvalue weighted by atomic mass is 16.1. The zero-order chi connectivity index (χ0) is 14.1. The maximum atomic E-state index is 11.7. The van der Waals surface area contributed by atoms with Crippen LogP contribution in [0.2, 0.25) is 0 Å². The quantitative estimate of drug-likeness (QED) is 0.615. The van der Waals surface area contributed by atoms with E-state index in [0.717, 1.165) is 19.5 Å². The fourth-order valence-electron chi connectivity index (χ4n) is 1.96. The second-order valence-corrected chi connectivity index (χ2v) is 5.79. The number of hydrogen-bond donors (Lipinski definition) is 2. The predicted octanol–water partition coefficient (Wildman–Crippen LogP) is 1.47. The first kappa shape index (κ1) is 17.4. The predicted molar refractivity (Wildman–Crippen MR) is 77.7 cm³/mol. The Kier molecular flexibility index (Phi) is 9.02. The lowest BCUT2D eigenvalue weighted by Crippen LogP contribution is -2.43. The third kappa shape index (κ3) is 8.48. The molecule has 0 spiro atoms. The van der Waals surface area contributed by atoms with Gasteiger partial charge < -0.3 is 15.5 Å². The standard InChI is InChI=1S/C14H31N3O/c1-11(2)13(17(5)6)10-16-14(18)8-7-9-15-12(3)4/h11-13,15H,7-10H2,1-6H3,(H,16,18). The minimum Gasteiger partial charge on any atom is -0.355 e. The van der Waals surface area contributed by atoms with E-state index in [9.17, 15) is 4.79 Å². The summed E-state index contributed by atoms with van der Waals surface area (Å²) in [7, 11) is 4.12. The molecule has 18 heavy (non-hydrogen) atoms. The lowest BCUT2D eigenvalue weighted by atomic mass is 10.0. The van der Waals surface area contributed by atoms with Gasteiger partial charge in [0.1, 0.15) is 0 Å². The van der Waals surface area contributed by atoms with Crippen molar-refractivity contribution in [2.45, 2.75) is 52.6 Å². The molecule has 0 saturated carbocycles. The topological polar surface area (TPSA) is 44.4 Å². The van der Waals surface area contributed by atoms with Gasteiger partial charge in [0, 0.05) is 25.0 Å². The third-order valence-electron chi connectivity index (χ3n) is 3.07. The van der Waals surface area contributed by atoms with Gasteiger partial charge in [-0.3, -0.25) is 4.79 Å². The molecule has 4 heteroatoms. The van der Waals surface area contributed by atoms with Crippen LogP contribution in [0.15, 0.2) is 0 Å². The Bertz CT molecular complexity index is 219. The zero-order valence-electron chi connectivity index (χ0n) is 12.9. The van der Waals surface area contributed by atoms with Gasteiger partial charge in [-0.2, -0.15) is 0 Å². The molecule has 0 radical (unpaired) electrons. The van der Waals surface area contributed by atoms with Gasteiger partial charge in [0.2, 0.25) is 5.91 Å². The number of nitrogens with zero attached hydrogens (tertiary/aromatic N) is 1. The average Bonchev–Trinajstić information content (AvgIpc) is 2.23. The molecule has 0 heterocycles. The SMILES string of the molecule is CC(C)NCCCC(=O)NCC(C(C)C)N(C)C. The Labute approximate surface area is 113 Å². The van der Waals surface area contributed by atoms with Crippen LogP contribution in [-0.4, -0.2) is 50.1 Å². The van der Waals surface area contributed by atoms with Crippen molar-refractivity contribution in [1.82, 2.24) is 15.5 Å². The van der Waals surface area contributed by atoms with Crippen molar-refractivity contribution in [2.75, 3.05) is 27.2 Å². The summed E-state index contributed by atoms with van der Waals surface area (Å²) >= 11 is 0. The Morgan fingerprint density at radius 2 is 1.78 bits per heavy atom. The number of carbonyl (C=O) groups is 1. The van der Waals surface area contributed by atoms with Crippen molar-refractivity contribution in [3.63, 3.8) is 0 Å². The smallest absolute Gasteiger partial charge is 0.220 e. The molecular formula is C14H31N3O. The highest BCUT2D eigenvalue weighted by Crippen LogP contribution is 2.06. The number of hydrogen-bond acceptors (Lipinski definition) is 3.